The van der Waals surface area contributed by atoms with Crippen molar-refractivity contribution in [2.24, 2.45) is 5.92 Å². The maximum absolute atomic E-state index is 12.9. The van der Waals surface area contributed by atoms with Crippen molar-refractivity contribution in [3.05, 3.63) is 65.3 Å². The minimum atomic E-state index is -0.168. The van der Waals surface area contributed by atoms with Crippen LogP contribution >= 0.6 is 11.3 Å². The highest BCUT2D eigenvalue weighted by Gasteiger charge is 2.23. The lowest BCUT2D eigenvalue weighted by Crippen LogP contribution is -2.32. The van der Waals surface area contributed by atoms with E-state index in [4.69, 9.17) is 0 Å². The number of hydrogen-bond donors (Lipinski definition) is 2. The summed E-state index contributed by atoms with van der Waals surface area (Å²) in [7, 11) is 0. The number of amides is 1. The van der Waals surface area contributed by atoms with Crippen LogP contribution in [0.1, 0.15) is 36.1 Å². The quantitative estimate of drug-likeness (QED) is 0.550. The molecule has 0 radical (unpaired) electrons. The van der Waals surface area contributed by atoms with Crippen LogP contribution in [0.25, 0.3) is 21.1 Å². The van der Waals surface area contributed by atoms with E-state index in [-0.39, 0.29) is 17.9 Å². The Balaban J connectivity index is 1.66. The van der Waals surface area contributed by atoms with E-state index in [0.717, 1.165) is 32.5 Å². The third-order valence-electron chi connectivity index (χ3n) is 4.38. The first kappa shape index (κ1) is 15.8. The lowest BCUT2D eigenvalue weighted by atomic mass is 10.0. The Bertz CT molecular complexity index is 1010. The summed E-state index contributed by atoms with van der Waals surface area (Å²) in [6.45, 7) is 4.17. The average Bonchev–Trinajstić information content (AvgIpc) is 3.23. The van der Waals surface area contributed by atoms with Gasteiger partial charge in [-0.25, -0.2) is 4.98 Å². The van der Waals surface area contributed by atoms with Crippen molar-refractivity contribution < 1.29 is 4.79 Å². The van der Waals surface area contributed by atoms with Crippen molar-refractivity contribution in [2.45, 2.75) is 19.9 Å². The predicted molar refractivity (Wildman–Crippen MR) is 103 cm³/mol. The van der Waals surface area contributed by atoms with Crippen LogP contribution in [0.2, 0.25) is 0 Å². The van der Waals surface area contributed by atoms with Crippen molar-refractivity contribution in [3.8, 4) is 0 Å². The molecule has 2 aromatic heterocycles. The van der Waals surface area contributed by atoms with Gasteiger partial charge in [-0.1, -0.05) is 44.2 Å². The number of imidazole rings is 1. The molecule has 2 N–H and O–H groups in total. The van der Waals surface area contributed by atoms with Crippen molar-refractivity contribution >= 4 is 38.4 Å². The Labute approximate surface area is 149 Å². The molecule has 1 unspecified atom stereocenters. The Morgan fingerprint density at radius 1 is 1.12 bits per heavy atom. The highest BCUT2D eigenvalue weighted by atomic mass is 32.1. The van der Waals surface area contributed by atoms with Crippen LogP contribution in [-0.2, 0) is 0 Å². The predicted octanol–water partition coefficient (Wildman–Crippen LogP) is 4.90. The van der Waals surface area contributed by atoms with E-state index in [1.165, 1.54) is 0 Å². The molecule has 0 fully saturated rings. The number of aromatic nitrogens is 2. The number of H-pyrrole nitrogens is 1. The first-order chi connectivity index (χ1) is 12.1. The Kier molecular flexibility index (Phi) is 4.01. The Morgan fingerprint density at radius 3 is 2.68 bits per heavy atom. The second kappa shape index (κ2) is 6.33. The smallest absolute Gasteiger partial charge is 0.253 e. The van der Waals surface area contributed by atoms with Gasteiger partial charge in [0.05, 0.1) is 22.6 Å². The van der Waals surface area contributed by atoms with Crippen molar-refractivity contribution in [3.63, 3.8) is 0 Å². The zero-order valence-corrected chi connectivity index (χ0v) is 14.9. The SMILES string of the molecule is CC(C)C(NC(=O)c1csc2ccccc12)c1nc2ccccc2[nH]1. The summed E-state index contributed by atoms with van der Waals surface area (Å²) < 4.78 is 1.12. The lowest BCUT2D eigenvalue weighted by Gasteiger charge is -2.20. The van der Waals surface area contributed by atoms with Crippen LogP contribution in [0, 0.1) is 5.92 Å². The fourth-order valence-electron chi connectivity index (χ4n) is 3.04. The van der Waals surface area contributed by atoms with Crippen LogP contribution in [0.4, 0.5) is 0 Å². The topological polar surface area (TPSA) is 57.8 Å². The fourth-order valence-corrected chi connectivity index (χ4v) is 3.98. The molecule has 1 amide bonds. The molecular weight excluding hydrogens is 330 g/mol. The molecular formula is C20H19N3OS. The van der Waals surface area contributed by atoms with E-state index in [1.54, 1.807) is 11.3 Å². The molecule has 0 bridgehead atoms. The molecule has 0 saturated carbocycles. The molecule has 0 spiro atoms. The van der Waals surface area contributed by atoms with Gasteiger partial charge in [0, 0.05) is 15.5 Å². The van der Waals surface area contributed by atoms with E-state index in [9.17, 15) is 4.79 Å². The number of aromatic amines is 1. The second-order valence-corrected chi connectivity index (χ2v) is 7.39. The zero-order chi connectivity index (χ0) is 17.4. The summed E-state index contributed by atoms with van der Waals surface area (Å²) in [6, 6.07) is 15.7. The highest BCUT2D eigenvalue weighted by Crippen LogP contribution is 2.27. The van der Waals surface area contributed by atoms with E-state index < -0.39 is 0 Å². The molecule has 5 heteroatoms. The van der Waals surface area contributed by atoms with Crippen LogP contribution in [-0.4, -0.2) is 15.9 Å². The molecule has 4 aromatic rings. The number of fused-ring (bicyclic) bond motifs is 2. The summed E-state index contributed by atoms with van der Waals surface area (Å²) in [4.78, 5) is 20.9. The average molecular weight is 349 g/mol. The number of rotatable bonds is 4. The van der Waals surface area contributed by atoms with Gasteiger partial charge >= 0.3 is 0 Å². The van der Waals surface area contributed by atoms with Crippen LogP contribution in [0.5, 0.6) is 0 Å². The fraction of sp³-hybridized carbons (Fsp3) is 0.200. The molecule has 4 nitrogen and oxygen atoms in total. The Morgan fingerprint density at radius 2 is 1.88 bits per heavy atom. The molecule has 0 aliphatic rings. The number of thiophene rings is 1. The third-order valence-corrected chi connectivity index (χ3v) is 5.34. The minimum Gasteiger partial charge on any atom is -0.342 e. The molecule has 1 atom stereocenters. The summed E-state index contributed by atoms with van der Waals surface area (Å²) in [5.74, 6) is 0.954. The monoisotopic (exact) mass is 349 g/mol. The summed E-state index contributed by atoms with van der Waals surface area (Å²) in [6.07, 6.45) is 0. The van der Waals surface area contributed by atoms with Crippen LogP contribution in [0.3, 0.4) is 0 Å². The standard InChI is InChI=1S/C20H19N3OS/c1-12(2)18(19-21-15-8-4-5-9-16(15)22-19)23-20(24)14-11-25-17-10-6-3-7-13(14)17/h3-12,18H,1-2H3,(H,21,22)(H,23,24). The molecule has 0 aliphatic carbocycles. The van der Waals surface area contributed by atoms with Gasteiger partial charge in [-0.15, -0.1) is 11.3 Å². The normalized spacial score (nSPS) is 12.8. The summed E-state index contributed by atoms with van der Waals surface area (Å²) in [5, 5.41) is 6.09. The van der Waals surface area contributed by atoms with E-state index >= 15 is 0 Å². The van der Waals surface area contributed by atoms with Crippen LogP contribution in [0.15, 0.2) is 53.9 Å². The van der Waals surface area contributed by atoms with Gasteiger partial charge in [-0.3, -0.25) is 4.79 Å². The number of para-hydroxylation sites is 2. The molecule has 25 heavy (non-hydrogen) atoms. The maximum Gasteiger partial charge on any atom is 0.253 e. The van der Waals surface area contributed by atoms with Gasteiger partial charge in [0.15, 0.2) is 0 Å². The first-order valence-corrected chi connectivity index (χ1v) is 9.23. The number of carbonyl (C=O) groups is 1. The van der Waals surface area contributed by atoms with Gasteiger partial charge in [-0.05, 0) is 24.1 Å². The van der Waals surface area contributed by atoms with Crippen molar-refractivity contribution in [1.29, 1.82) is 0 Å². The van der Waals surface area contributed by atoms with Gasteiger partial charge < -0.3 is 10.3 Å². The Hall–Kier alpha value is -2.66. The van der Waals surface area contributed by atoms with Gasteiger partial charge in [0.2, 0.25) is 0 Å². The van der Waals surface area contributed by atoms with Crippen LogP contribution < -0.4 is 5.32 Å². The van der Waals surface area contributed by atoms with E-state index in [1.807, 2.05) is 53.9 Å². The minimum absolute atomic E-state index is 0.0587. The molecule has 2 aromatic carbocycles. The summed E-state index contributed by atoms with van der Waals surface area (Å²) in [5.41, 5.74) is 2.62. The maximum atomic E-state index is 12.9. The van der Waals surface area contributed by atoms with Crippen molar-refractivity contribution in [1.82, 2.24) is 15.3 Å². The highest BCUT2D eigenvalue weighted by molar-refractivity contribution is 7.17. The van der Waals surface area contributed by atoms with E-state index in [0.29, 0.717) is 0 Å². The third kappa shape index (κ3) is 2.91. The number of benzene rings is 2. The van der Waals surface area contributed by atoms with Gasteiger partial charge in [0.1, 0.15) is 5.82 Å². The number of nitrogens with zero attached hydrogens (tertiary/aromatic N) is 1. The molecule has 0 aliphatic heterocycles. The lowest BCUT2D eigenvalue weighted by molar-refractivity contribution is 0.0925. The molecule has 2 heterocycles. The molecule has 4 rings (SSSR count). The summed E-state index contributed by atoms with van der Waals surface area (Å²) >= 11 is 1.59. The van der Waals surface area contributed by atoms with Gasteiger partial charge in [0.25, 0.3) is 5.91 Å². The second-order valence-electron chi connectivity index (χ2n) is 6.48. The van der Waals surface area contributed by atoms with E-state index in [2.05, 4.69) is 29.1 Å². The van der Waals surface area contributed by atoms with Crippen molar-refractivity contribution in [2.75, 3.05) is 0 Å². The first-order valence-electron chi connectivity index (χ1n) is 8.35. The zero-order valence-electron chi connectivity index (χ0n) is 14.1. The largest absolute Gasteiger partial charge is 0.342 e. The molecule has 126 valence electrons. The molecule has 0 saturated heterocycles. The number of carbonyl (C=O) groups excluding carboxylic acids is 1. The number of hydrogen-bond acceptors (Lipinski definition) is 3. The number of nitrogens with one attached hydrogen (secondary N) is 2. The van der Waals surface area contributed by atoms with Gasteiger partial charge in [-0.2, -0.15) is 0 Å².